The first-order valence-electron chi connectivity index (χ1n) is 10.4. The summed E-state index contributed by atoms with van der Waals surface area (Å²) >= 11 is 0. The van der Waals surface area contributed by atoms with Crippen LogP contribution in [0.25, 0.3) is 11.3 Å². The number of aryl methyl sites for hydroxylation is 1. The fraction of sp³-hybridized carbons (Fsp3) is 0.333. The Morgan fingerprint density at radius 2 is 1.90 bits per heavy atom. The number of nitrogens with one attached hydrogen (secondary N) is 2. The van der Waals surface area contributed by atoms with Gasteiger partial charge in [0.05, 0.1) is 13.3 Å². The second-order valence-corrected chi connectivity index (χ2v) is 7.78. The van der Waals surface area contributed by atoms with E-state index in [2.05, 4.69) is 39.8 Å². The van der Waals surface area contributed by atoms with Crippen LogP contribution < -0.4 is 10.1 Å². The summed E-state index contributed by atoms with van der Waals surface area (Å²) in [6, 6.07) is 14.5. The molecule has 2 N–H and O–H groups in total. The number of benzene rings is 2. The maximum atomic E-state index is 13.2. The van der Waals surface area contributed by atoms with Crippen LogP contribution in [0.3, 0.4) is 0 Å². The van der Waals surface area contributed by atoms with E-state index in [1.807, 2.05) is 37.1 Å². The zero-order chi connectivity index (χ0) is 21.1. The Bertz CT molecular complexity index is 1020. The lowest BCUT2D eigenvalue weighted by Gasteiger charge is -2.32. The second kappa shape index (κ2) is 8.61. The Balaban J connectivity index is 1.47. The highest BCUT2D eigenvalue weighted by Gasteiger charge is 2.25. The molecule has 1 aliphatic rings. The quantitative estimate of drug-likeness (QED) is 0.659. The highest BCUT2D eigenvalue weighted by Crippen LogP contribution is 2.32. The number of carbonyl (C=O) groups excluding carboxylic acids is 1. The van der Waals surface area contributed by atoms with Crippen molar-refractivity contribution >= 4 is 11.6 Å². The van der Waals surface area contributed by atoms with Crippen molar-refractivity contribution in [2.24, 2.45) is 0 Å². The van der Waals surface area contributed by atoms with Gasteiger partial charge in [0.25, 0.3) is 5.91 Å². The van der Waals surface area contributed by atoms with Crippen LogP contribution in [0.4, 0.5) is 5.69 Å². The average molecular weight is 405 g/mol. The standard InChI is InChI=1S/C24H28N4O2/c1-16-4-5-19(14-21(16)23-22(30-3)15-26-27-23)24(29)28-12-10-18(11-13-28)17-6-8-20(25-2)9-7-17/h4-9,14-15,18,25H,10-13H2,1-3H3,(H,26,27). The number of rotatable bonds is 5. The van der Waals surface area contributed by atoms with Crippen LogP contribution in [0.1, 0.15) is 40.2 Å². The first kappa shape index (κ1) is 20.0. The minimum absolute atomic E-state index is 0.0821. The summed E-state index contributed by atoms with van der Waals surface area (Å²) in [6.45, 7) is 3.57. The van der Waals surface area contributed by atoms with E-state index in [1.54, 1.807) is 13.3 Å². The Morgan fingerprint density at radius 3 is 2.57 bits per heavy atom. The van der Waals surface area contributed by atoms with E-state index >= 15 is 0 Å². The molecule has 1 aromatic heterocycles. The van der Waals surface area contributed by atoms with Gasteiger partial charge in [-0.25, -0.2) is 0 Å². The van der Waals surface area contributed by atoms with Gasteiger partial charge in [0.1, 0.15) is 5.69 Å². The number of ether oxygens (including phenoxy) is 1. The van der Waals surface area contributed by atoms with Crippen molar-refractivity contribution in [3.05, 3.63) is 65.4 Å². The predicted molar refractivity (Wildman–Crippen MR) is 119 cm³/mol. The number of aromatic nitrogens is 2. The second-order valence-electron chi connectivity index (χ2n) is 7.78. The van der Waals surface area contributed by atoms with Crippen LogP contribution in [-0.4, -0.2) is 48.3 Å². The lowest BCUT2D eigenvalue weighted by Crippen LogP contribution is -2.37. The number of H-pyrrole nitrogens is 1. The highest BCUT2D eigenvalue weighted by molar-refractivity contribution is 5.96. The molecule has 0 radical (unpaired) electrons. The van der Waals surface area contributed by atoms with Gasteiger partial charge in [-0.3, -0.25) is 9.89 Å². The van der Waals surface area contributed by atoms with Crippen LogP contribution in [0.2, 0.25) is 0 Å². The Kier molecular flexibility index (Phi) is 5.74. The van der Waals surface area contributed by atoms with E-state index < -0.39 is 0 Å². The summed E-state index contributed by atoms with van der Waals surface area (Å²) in [5, 5.41) is 10.2. The van der Waals surface area contributed by atoms with Crippen LogP contribution in [0.5, 0.6) is 5.75 Å². The minimum atomic E-state index is 0.0821. The first-order chi connectivity index (χ1) is 14.6. The third kappa shape index (κ3) is 3.90. The molecule has 3 aromatic rings. The molecule has 0 aliphatic carbocycles. The molecular formula is C24H28N4O2. The number of aromatic amines is 1. The van der Waals surface area contributed by atoms with E-state index in [0.29, 0.717) is 17.2 Å². The summed E-state index contributed by atoms with van der Waals surface area (Å²) in [5.74, 6) is 1.26. The van der Waals surface area contributed by atoms with E-state index in [0.717, 1.165) is 48.4 Å². The molecule has 1 amide bonds. The van der Waals surface area contributed by atoms with Crippen molar-refractivity contribution in [3.8, 4) is 17.0 Å². The van der Waals surface area contributed by atoms with Gasteiger partial charge in [0, 0.05) is 37.0 Å². The molecule has 6 heteroatoms. The lowest BCUT2D eigenvalue weighted by atomic mass is 9.89. The molecule has 0 saturated carbocycles. The van der Waals surface area contributed by atoms with E-state index in [-0.39, 0.29) is 5.91 Å². The van der Waals surface area contributed by atoms with Gasteiger partial charge in [0.15, 0.2) is 5.75 Å². The number of methoxy groups -OCH3 is 1. The smallest absolute Gasteiger partial charge is 0.253 e. The molecule has 2 heterocycles. The predicted octanol–water partition coefficient (Wildman–Crippen LogP) is 4.46. The van der Waals surface area contributed by atoms with Crippen LogP contribution >= 0.6 is 0 Å². The van der Waals surface area contributed by atoms with Crippen molar-refractivity contribution in [1.82, 2.24) is 15.1 Å². The molecule has 0 bridgehead atoms. The molecule has 2 aromatic carbocycles. The number of carbonyl (C=O) groups is 1. The van der Waals surface area contributed by atoms with Crippen molar-refractivity contribution in [1.29, 1.82) is 0 Å². The maximum Gasteiger partial charge on any atom is 0.253 e. The van der Waals surface area contributed by atoms with E-state index in [4.69, 9.17) is 4.74 Å². The van der Waals surface area contributed by atoms with Crippen LogP contribution in [-0.2, 0) is 0 Å². The van der Waals surface area contributed by atoms with Gasteiger partial charge in [-0.1, -0.05) is 18.2 Å². The molecule has 1 fully saturated rings. The molecule has 1 aliphatic heterocycles. The lowest BCUT2D eigenvalue weighted by molar-refractivity contribution is 0.0713. The Morgan fingerprint density at radius 1 is 1.17 bits per heavy atom. The molecule has 156 valence electrons. The summed E-state index contributed by atoms with van der Waals surface area (Å²) in [7, 11) is 3.55. The average Bonchev–Trinajstić information content (AvgIpc) is 3.28. The van der Waals surface area contributed by atoms with Gasteiger partial charge >= 0.3 is 0 Å². The van der Waals surface area contributed by atoms with E-state index in [9.17, 15) is 4.79 Å². The summed E-state index contributed by atoms with van der Waals surface area (Å²) < 4.78 is 5.39. The third-order valence-electron chi connectivity index (χ3n) is 6.03. The first-order valence-corrected chi connectivity index (χ1v) is 10.4. The normalized spacial score (nSPS) is 14.6. The molecule has 6 nitrogen and oxygen atoms in total. The van der Waals surface area contributed by atoms with Crippen molar-refractivity contribution in [2.45, 2.75) is 25.7 Å². The van der Waals surface area contributed by atoms with Gasteiger partial charge in [-0.2, -0.15) is 5.10 Å². The molecule has 4 rings (SSSR count). The summed E-state index contributed by atoms with van der Waals surface area (Å²) in [6.07, 6.45) is 3.62. The number of nitrogens with zero attached hydrogens (tertiary/aromatic N) is 2. The fourth-order valence-corrected chi connectivity index (χ4v) is 4.17. The number of anilines is 1. The number of hydrogen-bond acceptors (Lipinski definition) is 4. The Hall–Kier alpha value is -3.28. The topological polar surface area (TPSA) is 70.2 Å². The molecule has 30 heavy (non-hydrogen) atoms. The largest absolute Gasteiger partial charge is 0.493 e. The Labute approximate surface area is 177 Å². The van der Waals surface area contributed by atoms with Crippen molar-refractivity contribution < 1.29 is 9.53 Å². The zero-order valence-corrected chi connectivity index (χ0v) is 17.7. The van der Waals surface area contributed by atoms with Gasteiger partial charge in [-0.05, 0) is 61.1 Å². The van der Waals surface area contributed by atoms with Crippen molar-refractivity contribution in [3.63, 3.8) is 0 Å². The SMILES string of the molecule is CNc1ccc(C2CCN(C(=O)c3ccc(C)c(-c4[nH]ncc4OC)c3)CC2)cc1. The summed E-state index contributed by atoms with van der Waals surface area (Å²) in [4.78, 5) is 15.1. The highest BCUT2D eigenvalue weighted by atomic mass is 16.5. The van der Waals surface area contributed by atoms with Gasteiger partial charge in [-0.15, -0.1) is 0 Å². The van der Waals surface area contributed by atoms with E-state index in [1.165, 1.54) is 5.56 Å². The zero-order valence-electron chi connectivity index (χ0n) is 17.7. The van der Waals surface area contributed by atoms with Crippen LogP contribution in [0.15, 0.2) is 48.7 Å². The van der Waals surface area contributed by atoms with Gasteiger partial charge < -0.3 is 15.0 Å². The number of piperidine rings is 1. The monoisotopic (exact) mass is 404 g/mol. The number of hydrogen-bond donors (Lipinski definition) is 2. The molecular weight excluding hydrogens is 376 g/mol. The molecule has 1 saturated heterocycles. The van der Waals surface area contributed by atoms with Crippen LogP contribution in [0, 0.1) is 6.92 Å². The molecule has 0 atom stereocenters. The van der Waals surface area contributed by atoms with Crippen molar-refractivity contribution in [2.75, 3.05) is 32.6 Å². The minimum Gasteiger partial charge on any atom is -0.493 e. The maximum absolute atomic E-state index is 13.2. The van der Waals surface area contributed by atoms with Gasteiger partial charge in [0.2, 0.25) is 0 Å². The molecule has 0 spiro atoms. The number of amides is 1. The molecule has 0 unspecified atom stereocenters. The number of likely N-dealkylation sites (tertiary alicyclic amines) is 1. The summed E-state index contributed by atoms with van der Waals surface area (Å²) in [5.41, 5.74) is 5.98. The fourth-order valence-electron chi connectivity index (χ4n) is 4.17. The third-order valence-corrected chi connectivity index (χ3v) is 6.03.